The summed E-state index contributed by atoms with van der Waals surface area (Å²) in [5, 5.41) is 0. The maximum atomic E-state index is 13.1. The van der Waals surface area contributed by atoms with Gasteiger partial charge in [-0.05, 0) is 64.8 Å². The minimum absolute atomic E-state index is 0.0821. The molecule has 1 fully saturated rings. The highest BCUT2D eigenvalue weighted by Crippen LogP contribution is 2.26. The number of aryl methyl sites for hydroxylation is 1. The Labute approximate surface area is 184 Å². The van der Waals surface area contributed by atoms with Crippen LogP contribution >= 0.6 is 15.9 Å². The molecule has 0 bridgehead atoms. The highest BCUT2D eigenvalue weighted by atomic mass is 79.9. The standard InChI is InChI=1S/C22H22BrN3O3S/c1-17-8-9-18(16-20(17)24-10-4-5-11-24)22(27)25-12-14-26(15-13-25)30(28,29)21-7-3-2-6-19(21)23/h2-11,16H,12-15H2,1H3. The molecule has 6 nitrogen and oxygen atoms in total. The minimum Gasteiger partial charge on any atom is -0.336 e. The number of rotatable bonds is 4. The fourth-order valence-corrected chi connectivity index (χ4v) is 6.01. The van der Waals surface area contributed by atoms with Crippen LogP contribution in [0.15, 0.2) is 76.4 Å². The summed E-state index contributed by atoms with van der Waals surface area (Å²) in [7, 11) is -3.60. The van der Waals surface area contributed by atoms with Gasteiger partial charge in [0.25, 0.3) is 5.91 Å². The first-order valence-corrected chi connectivity index (χ1v) is 11.9. The Balaban J connectivity index is 1.49. The first-order chi connectivity index (χ1) is 14.4. The lowest BCUT2D eigenvalue weighted by molar-refractivity contribution is 0.0698. The van der Waals surface area contributed by atoms with E-state index in [0.717, 1.165) is 11.3 Å². The number of benzene rings is 2. The molecule has 1 saturated heterocycles. The smallest absolute Gasteiger partial charge is 0.254 e. The monoisotopic (exact) mass is 487 g/mol. The van der Waals surface area contributed by atoms with Gasteiger partial charge in [-0.1, -0.05) is 18.2 Å². The molecule has 2 aromatic carbocycles. The van der Waals surface area contributed by atoms with E-state index >= 15 is 0 Å². The molecule has 0 N–H and O–H groups in total. The molecule has 1 amide bonds. The van der Waals surface area contributed by atoms with Crippen molar-refractivity contribution in [2.24, 2.45) is 0 Å². The summed E-state index contributed by atoms with van der Waals surface area (Å²) in [5.41, 5.74) is 2.64. The zero-order valence-corrected chi connectivity index (χ0v) is 18.9. The van der Waals surface area contributed by atoms with Gasteiger partial charge in [-0.2, -0.15) is 4.31 Å². The van der Waals surface area contributed by atoms with E-state index in [1.165, 1.54) is 4.31 Å². The van der Waals surface area contributed by atoms with Crippen molar-refractivity contribution in [3.63, 3.8) is 0 Å². The first-order valence-electron chi connectivity index (χ1n) is 9.66. The summed E-state index contributed by atoms with van der Waals surface area (Å²) in [4.78, 5) is 15.0. The number of aromatic nitrogens is 1. The number of carbonyl (C=O) groups is 1. The van der Waals surface area contributed by atoms with Crippen molar-refractivity contribution in [1.29, 1.82) is 0 Å². The average Bonchev–Trinajstić information content (AvgIpc) is 3.28. The Morgan fingerprint density at radius 2 is 1.60 bits per heavy atom. The second-order valence-corrected chi connectivity index (χ2v) is 9.98. The highest BCUT2D eigenvalue weighted by molar-refractivity contribution is 9.10. The number of carbonyl (C=O) groups excluding carboxylic acids is 1. The zero-order chi connectivity index (χ0) is 21.3. The maximum absolute atomic E-state index is 13.1. The second-order valence-electron chi connectivity index (χ2n) is 7.22. The molecule has 4 rings (SSSR count). The van der Waals surface area contributed by atoms with Gasteiger partial charge in [0.05, 0.1) is 4.90 Å². The van der Waals surface area contributed by atoms with E-state index in [9.17, 15) is 13.2 Å². The summed E-state index contributed by atoms with van der Waals surface area (Å²) in [6.45, 7) is 3.26. The fourth-order valence-electron chi connectivity index (χ4n) is 3.62. The normalized spacial score (nSPS) is 15.3. The molecule has 3 aromatic rings. The second kappa shape index (κ2) is 8.37. The molecule has 30 heavy (non-hydrogen) atoms. The maximum Gasteiger partial charge on any atom is 0.254 e. The molecule has 1 aromatic heterocycles. The minimum atomic E-state index is -3.60. The SMILES string of the molecule is Cc1ccc(C(=O)N2CCN(S(=O)(=O)c3ccccc3Br)CC2)cc1-n1cccc1. The average molecular weight is 488 g/mol. The molecule has 2 heterocycles. The van der Waals surface area contributed by atoms with Gasteiger partial charge in [0.15, 0.2) is 0 Å². The summed E-state index contributed by atoms with van der Waals surface area (Å²) in [6.07, 6.45) is 3.89. The molecular formula is C22H22BrN3O3S. The van der Waals surface area contributed by atoms with Crippen molar-refractivity contribution in [2.75, 3.05) is 26.2 Å². The molecular weight excluding hydrogens is 466 g/mol. The van der Waals surface area contributed by atoms with Gasteiger partial charge in [0.1, 0.15) is 0 Å². The Kier molecular flexibility index (Phi) is 5.81. The zero-order valence-electron chi connectivity index (χ0n) is 16.5. The molecule has 156 valence electrons. The topological polar surface area (TPSA) is 62.6 Å². The summed E-state index contributed by atoms with van der Waals surface area (Å²) in [5.74, 6) is -0.0821. The van der Waals surface area contributed by atoms with Crippen LogP contribution in [0, 0.1) is 6.92 Å². The number of sulfonamides is 1. The highest BCUT2D eigenvalue weighted by Gasteiger charge is 2.31. The molecule has 0 radical (unpaired) electrons. The lowest BCUT2D eigenvalue weighted by atomic mass is 10.1. The molecule has 8 heteroatoms. The van der Waals surface area contributed by atoms with Crippen LogP contribution in [0.2, 0.25) is 0 Å². The van der Waals surface area contributed by atoms with Crippen LogP contribution in [0.25, 0.3) is 5.69 Å². The van der Waals surface area contributed by atoms with Gasteiger partial charge in [-0.3, -0.25) is 4.79 Å². The Morgan fingerprint density at radius 3 is 2.27 bits per heavy atom. The summed E-state index contributed by atoms with van der Waals surface area (Å²) in [6, 6.07) is 16.3. The third-order valence-corrected chi connectivity index (χ3v) is 8.23. The van der Waals surface area contributed by atoms with Gasteiger partial charge < -0.3 is 9.47 Å². The molecule has 0 aliphatic carbocycles. The quantitative estimate of drug-likeness (QED) is 0.563. The number of piperazine rings is 1. The van der Waals surface area contributed by atoms with Crippen LogP contribution in [0.4, 0.5) is 0 Å². The van der Waals surface area contributed by atoms with Crippen LogP contribution in [0.5, 0.6) is 0 Å². The van der Waals surface area contributed by atoms with E-state index in [1.54, 1.807) is 29.2 Å². The predicted octanol–water partition coefficient (Wildman–Crippen LogP) is 3.69. The number of nitrogens with zero attached hydrogens (tertiary/aromatic N) is 3. The van der Waals surface area contributed by atoms with Gasteiger partial charge >= 0.3 is 0 Å². The largest absolute Gasteiger partial charge is 0.336 e. The van der Waals surface area contributed by atoms with Crippen LogP contribution in [-0.2, 0) is 10.0 Å². The van der Waals surface area contributed by atoms with E-state index in [-0.39, 0.29) is 23.9 Å². The molecule has 0 spiro atoms. The lowest BCUT2D eigenvalue weighted by Crippen LogP contribution is -2.50. The van der Waals surface area contributed by atoms with E-state index < -0.39 is 10.0 Å². The number of hydrogen-bond donors (Lipinski definition) is 0. The molecule has 0 unspecified atom stereocenters. The number of amides is 1. The summed E-state index contributed by atoms with van der Waals surface area (Å²) < 4.78 is 29.9. The van der Waals surface area contributed by atoms with E-state index in [0.29, 0.717) is 23.1 Å². The van der Waals surface area contributed by atoms with Crippen molar-refractivity contribution in [3.8, 4) is 5.69 Å². The number of hydrogen-bond acceptors (Lipinski definition) is 3. The molecule has 1 aliphatic rings. The van der Waals surface area contributed by atoms with Gasteiger partial charge in [0, 0.05) is 54.3 Å². The van der Waals surface area contributed by atoms with Crippen molar-refractivity contribution in [1.82, 2.24) is 13.8 Å². The summed E-state index contributed by atoms with van der Waals surface area (Å²) >= 11 is 3.32. The van der Waals surface area contributed by atoms with Gasteiger partial charge in [-0.25, -0.2) is 8.42 Å². The third-order valence-electron chi connectivity index (χ3n) is 5.32. The first kappa shape index (κ1) is 20.8. The van der Waals surface area contributed by atoms with Crippen molar-refractivity contribution >= 4 is 31.9 Å². The fraction of sp³-hybridized carbons (Fsp3) is 0.227. The lowest BCUT2D eigenvalue weighted by Gasteiger charge is -2.34. The number of halogens is 1. The molecule has 1 aliphatic heterocycles. The molecule has 0 saturated carbocycles. The van der Waals surface area contributed by atoms with E-state index in [4.69, 9.17) is 0 Å². The van der Waals surface area contributed by atoms with Crippen LogP contribution < -0.4 is 0 Å². The Hall–Kier alpha value is -2.42. The van der Waals surface area contributed by atoms with Gasteiger partial charge in [-0.15, -0.1) is 0 Å². The van der Waals surface area contributed by atoms with Crippen molar-refractivity contribution in [2.45, 2.75) is 11.8 Å². The molecule has 0 atom stereocenters. The predicted molar refractivity (Wildman–Crippen MR) is 119 cm³/mol. The van der Waals surface area contributed by atoms with Crippen molar-refractivity contribution in [3.05, 3.63) is 82.6 Å². The van der Waals surface area contributed by atoms with Crippen LogP contribution in [-0.4, -0.2) is 54.3 Å². The van der Waals surface area contributed by atoms with Crippen LogP contribution in [0.1, 0.15) is 15.9 Å². The van der Waals surface area contributed by atoms with Crippen LogP contribution in [0.3, 0.4) is 0 Å². The Morgan fingerprint density at radius 1 is 0.933 bits per heavy atom. The Bertz CT molecular complexity index is 1170. The third kappa shape index (κ3) is 3.95. The van der Waals surface area contributed by atoms with E-state index in [1.807, 2.05) is 54.2 Å². The van der Waals surface area contributed by atoms with E-state index in [2.05, 4.69) is 15.9 Å². The van der Waals surface area contributed by atoms with Gasteiger partial charge in [0.2, 0.25) is 10.0 Å². The van der Waals surface area contributed by atoms with Crippen molar-refractivity contribution < 1.29 is 13.2 Å².